The Labute approximate surface area is 185 Å². The Morgan fingerprint density at radius 2 is 1.84 bits per heavy atom. The van der Waals surface area contributed by atoms with Crippen molar-refractivity contribution < 1.29 is 13.7 Å². The summed E-state index contributed by atoms with van der Waals surface area (Å²) in [6.07, 6.45) is 5.34. The molecule has 1 amide bonds. The lowest BCUT2D eigenvalue weighted by molar-refractivity contribution is 0.0907. The van der Waals surface area contributed by atoms with Gasteiger partial charge in [0.25, 0.3) is 5.91 Å². The number of hydrogen-bond acceptors (Lipinski definition) is 7. The number of carbonyl (C=O) groups excluding carboxylic acids is 1. The molecule has 1 aliphatic rings. The molecule has 5 rings (SSSR count). The third-order valence-electron chi connectivity index (χ3n) is 5.42. The molecule has 1 N–H and O–H groups in total. The van der Waals surface area contributed by atoms with Gasteiger partial charge in [-0.05, 0) is 43.0 Å². The van der Waals surface area contributed by atoms with Crippen LogP contribution in [0, 0.1) is 5.92 Å². The van der Waals surface area contributed by atoms with E-state index >= 15 is 0 Å². The quantitative estimate of drug-likeness (QED) is 0.450. The van der Waals surface area contributed by atoms with E-state index in [1.54, 1.807) is 18.5 Å². The van der Waals surface area contributed by atoms with Gasteiger partial charge < -0.3 is 14.3 Å². The van der Waals surface area contributed by atoms with Gasteiger partial charge in [-0.3, -0.25) is 9.78 Å². The minimum absolute atomic E-state index is 0.0195. The van der Waals surface area contributed by atoms with E-state index in [0.29, 0.717) is 29.1 Å². The second-order valence-electron chi connectivity index (χ2n) is 8.27. The zero-order chi connectivity index (χ0) is 22.1. The van der Waals surface area contributed by atoms with Crippen molar-refractivity contribution in [2.24, 2.45) is 5.92 Å². The van der Waals surface area contributed by atoms with Gasteiger partial charge in [-0.1, -0.05) is 37.2 Å². The summed E-state index contributed by atoms with van der Waals surface area (Å²) in [4.78, 5) is 26.4. The van der Waals surface area contributed by atoms with Crippen molar-refractivity contribution in [2.45, 2.75) is 38.6 Å². The number of pyridine rings is 1. The normalized spacial score (nSPS) is 14.5. The Balaban J connectivity index is 1.42. The Morgan fingerprint density at radius 1 is 1.06 bits per heavy atom. The SMILES string of the molecule is CC(C)C(NC(=O)c1nc(-c2ccccc2)oc1C1CC1)c1nc(-c2cccnc2)no1. The Morgan fingerprint density at radius 3 is 2.53 bits per heavy atom. The molecule has 4 aromatic rings. The second kappa shape index (κ2) is 8.37. The lowest BCUT2D eigenvalue weighted by atomic mass is 10.0. The molecular formula is C24H23N5O3. The summed E-state index contributed by atoms with van der Waals surface area (Å²) in [6.45, 7) is 3.97. The topological polar surface area (TPSA) is 107 Å². The number of amides is 1. The van der Waals surface area contributed by atoms with Crippen molar-refractivity contribution >= 4 is 5.91 Å². The molecule has 1 aromatic carbocycles. The van der Waals surface area contributed by atoms with E-state index in [9.17, 15) is 4.79 Å². The van der Waals surface area contributed by atoms with E-state index in [2.05, 4.69) is 25.4 Å². The molecule has 0 radical (unpaired) electrons. The number of nitrogens with one attached hydrogen (secondary N) is 1. The van der Waals surface area contributed by atoms with Gasteiger partial charge in [-0.25, -0.2) is 4.98 Å². The van der Waals surface area contributed by atoms with E-state index in [4.69, 9.17) is 8.94 Å². The number of hydrogen-bond donors (Lipinski definition) is 1. The monoisotopic (exact) mass is 429 g/mol. The van der Waals surface area contributed by atoms with Crippen LogP contribution in [-0.4, -0.2) is 26.0 Å². The van der Waals surface area contributed by atoms with Crippen LogP contribution in [0.25, 0.3) is 22.8 Å². The van der Waals surface area contributed by atoms with Crippen LogP contribution in [0.4, 0.5) is 0 Å². The average molecular weight is 429 g/mol. The first-order valence-electron chi connectivity index (χ1n) is 10.7. The molecule has 8 heteroatoms. The maximum Gasteiger partial charge on any atom is 0.274 e. The van der Waals surface area contributed by atoms with Crippen LogP contribution >= 0.6 is 0 Å². The molecule has 3 heterocycles. The van der Waals surface area contributed by atoms with Crippen LogP contribution in [0.15, 0.2) is 63.8 Å². The first kappa shape index (κ1) is 20.1. The van der Waals surface area contributed by atoms with E-state index in [0.717, 1.165) is 24.0 Å². The molecule has 1 aliphatic carbocycles. The number of aromatic nitrogens is 4. The van der Waals surface area contributed by atoms with Gasteiger partial charge in [0, 0.05) is 29.4 Å². The number of benzene rings is 1. The summed E-state index contributed by atoms with van der Waals surface area (Å²) in [5.41, 5.74) is 1.91. The molecule has 1 saturated carbocycles. The molecule has 162 valence electrons. The van der Waals surface area contributed by atoms with Crippen LogP contribution in [-0.2, 0) is 0 Å². The van der Waals surface area contributed by atoms with Crippen LogP contribution in [0.5, 0.6) is 0 Å². The molecule has 1 unspecified atom stereocenters. The van der Waals surface area contributed by atoms with Gasteiger partial charge in [-0.15, -0.1) is 0 Å². The van der Waals surface area contributed by atoms with Crippen molar-refractivity contribution in [1.29, 1.82) is 0 Å². The highest BCUT2D eigenvalue weighted by Gasteiger charge is 2.35. The summed E-state index contributed by atoms with van der Waals surface area (Å²) in [7, 11) is 0. The zero-order valence-corrected chi connectivity index (χ0v) is 17.9. The van der Waals surface area contributed by atoms with Gasteiger partial charge in [0.1, 0.15) is 11.8 Å². The van der Waals surface area contributed by atoms with Crippen molar-refractivity contribution in [3.8, 4) is 22.8 Å². The fraction of sp³-hybridized carbons (Fsp3) is 0.292. The standard InChI is InChI=1S/C24H23N5O3/c1-14(2)18(24-28-21(29-32-24)17-9-6-12-25-13-17)26-22(30)19-20(15-10-11-15)31-23(27-19)16-7-4-3-5-8-16/h3-9,12-15,18H,10-11H2,1-2H3,(H,26,30). The first-order valence-corrected chi connectivity index (χ1v) is 10.7. The largest absolute Gasteiger partial charge is 0.440 e. The molecular weight excluding hydrogens is 406 g/mol. The highest BCUT2D eigenvalue weighted by Crippen LogP contribution is 2.43. The number of rotatable bonds is 7. The van der Waals surface area contributed by atoms with Crippen molar-refractivity contribution in [2.75, 3.05) is 0 Å². The van der Waals surface area contributed by atoms with E-state index in [1.165, 1.54) is 0 Å². The smallest absolute Gasteiger partial charge is 0.274 e. The van der Waals surface area contributed by atoms with Gasteiger partial charge in [0.15, 0.2) is 5.69 Å². The second-order valence-corrected chi connectivity index (χ2v) is 8.27. The molecule has 1 fully saturated rings. The molecule has 32 heavy (non-hydrogen) atoms. The van der Waals surface area contributed by atoms with Gasteiger partial charge >= 0.3 is 0 Å². The van der Waals surface area contributed by atoms with Gasteiger partial charge in [0.2, 0.25) is 17.6 Å². The Hall–Kier alpha value is -3.81. The predicted molar refractivity (Wildman–Crippen MR) is 116 cm³/mol. The fourth-order valence-electron chi connectivity index (χ4n) is 3.52. The molecule has 3 aromatic heterocycles. The maximum atomic E-state index is 13.3. The molecule has 0 saturated heterocycles. The van der Waals surface area contributed by atoms with Crippen molar-refractivity contribution in [3.05, 3.63) is 72.2 Å². The average Bonchev–Trinajstić information content (AvgIpc) is 3.38. The van der Waals surface area contributed by atoms with E-state index in [-0.39, 0.29) is 17.7 Å². The summed E-state index contributed by atoms with van der Waals surface area (Å²) in [6, 6.07) is 12.8. The summed E-state index contributed by atoms with van der Waals surface area (Å²) >= 11 is 0. The summed E-state index contributed by atoms with van der Waals surface area (Å²) in [5.74, 6) is 1.81. The minimum Gasteiger partial charge on any atom is -0.440 e. The van der Waals surface area contributed by atoms with Crippen molar-refractivity contribution in [1.82, 2.24) is 25.4 Å². The predicted octanol–water partition coefficient (Wildman–Crippen LogP) is 4.79. The van der Waals surface area contributed by atoms with Gasteiger partial charge in [0.05, 0.1) is 0 Å². The molecule has 0 aliphatic heterocycles. The molecule has 1 atom stereocenters. The summed E-state index contributed by atoms with van der Waals surface area (Å²) < 4.78 is 11.5. The van der Waals surface area contributed by atoms with E-state index in [1.807, 2.05) is 50.2 Å². The molecule has 0 spiro atoms. The Bertz CT molecular complexity index is 1210. The minimum atomic E-state index is -0.468. The van der Waals surface area contributed by atoms with Gasteiger partial charge in [-0.2, -0.15) is 4.98 Å². The maximum absolute atomic E-state index is 13.3. The fourth-order valence-corrected chi connectivity index (χ4v) is 3.52. The van der Waals surface area contributed by atoms with Crippen LogP contribution < -0.4 is 5.32 Å². The highest BCUT2D eigenvalue weighted by atomic mass is 16.5. The number of oxazole rings is 1. The third kappa shape index (κ3) is 4.03. The van der Waals surface area contributed by atoms with Crippen LogP contribution in [0.2, 0.25) is 0 Å². The van der Waals surface area contributed by atoms with Crippen LogP contribution in [0.3, 0.4) is 0 Å². The number of carbonyl (C=O) groups is 1. The number of nitrogens with zero attached hydrogens (tertiary/aromatic N) is 4. The van der Waals surface area contributed by atoms with Crippen LogP contribution in [0.1, 0.15) is 60.8 Å². The molecule has 0 bridgehead atoms. The summed E-state index contributed by atoms with van der Waals surface area (Å²) in [5, 5.41) is 7.09. The molecule has 8 nitrogen and oxygen atoms in total. The third-order valence-corrected chi connectivity index (χ3v) is 5.42. The first-order chi connectivity index (χ1) is 15.6. The van der Waals surface area contributed by atoms with E-state index < -0.39 is 6.04 Å². The zero-order valence-electron chi connectivity index (χ0n) is 17.9. The highest BCUT2D eigenvalue weighted by molar-refractivity contribution is 5.94. The van der Waals surface area contributed by atoms with Crippen molar-refractivity contribution in [3.63, 3.8) is 0 Å². The Kier molecular flexibility index (Phi) is 5.26. The lowest BCUT2D eigenvalue weighted by Crippen LogP contribution is -2.32. The lowest BCUT2D eigenvalue weighted by Gasteiger charge is -2.18.